The van der Waals surface area contributed by atoms with Gasteiger partial charge in [0.25, 0.3) is 0 Å². The summed E-state index contributed by atoms with van der Waals surface area (Å²) < 4.78 is 25.5. The summed E-state index contributed by atoms with van der Waals surface area (Å²) in [6.45, 7) is 2.42. The zero-order chi connectivity index (χ0) is 23.5. The molecule has 1 unspecified atom stereocenters. The van der Waals surface area contributed by atoms with E-state index < -0.39 is 18.3 Å². The van der Waals surface area contributed by atoms with Crippen molar-refractivity contribution < 1.29 is 28.9 Å². The number of hydrogen-bond donors (Lipinski definition) is 2. The Morgan fingerprint density at radius 2 is 1.97 bits per heavy atom. The molecular weight excluding hydrogens is 431 g/mol. The Balaban J connectivity index is 1.72. The van der Waals surface area contributed by atoms with Gasteiger partial charge in [0.05, 0.1) is 30.7 Å². The van der Waals surface area contributed by atoms with E-state index in [0.29, 0.717) is 17.9 Å². The van der Waals surface area contributed by atoms with Gasteiger partial charge in [0.1, 0.15) is 11.6 Å². The van der Waals surface area contributed by atoms with E-state index in [1.54, 1.807) is 28.0 Å². The van der Waals surface area contributed by atoms with Gasteiger partial charge in [-0.3, -0.25) is 9.58 Å². The van der Waals surface area contributed by atoms with Crippen LogP contribution in [0.15, 0.2) is 54.9 Å². The molecule has 2 aromatic carbocycles. The second-order valence-electron chi connectivity index (χ2n) is 7.67. The largest absolute Gasteiger partial charge is 0.419 e. The minimum atomic E-state index is -1.20. The SMILES string of the molecule is COC(O)N1c2ccc(-c3cnn(CCO)c3)cc2N(C(=O)Oc2ccc(F)cc2)C[C@@H]1C. The predicted molar refractivity (Wildman–Crippen MR) is 119 cm³/mol. The molecule has 2 heterocycles. The van der Waals surface area contributed by atoms with E-state index in [4.69, 9.17) is 14.6 Å². The highest BCUT2D eigenvalue weighted by Gasteiger charge is 2.36. The van der Waals surface area contributed by atoms with Gasteiger partial charge in [-0.1, -0.05) is 6.07 Å². The number of benzene rings is 2. The number of ether oxygens (including phenoxy) is 2. The quantitative estimate of drug-likeness (QED) is 0.550. The van der Waals surface area contributed by atoms with Gasteiger partial charge in [-0.15, -0.1) is 0 Å². The van der Waals surface area contributed by atoms with Crippen LogP contribution in [0.3, 0.4) is 0 Å². The van der Waals surface area contributed by atoms with Gasteiger partial charge in [-0.05, 0) is 48.9 Å². The summed E-state index contributed by atoms with van der Waals surface area (Å²) >= 11 is 0. The third-order valence-electron chi connectivity index (χ3n) is 5.45. The van der Waals surface area contributed by atoms with Gasteiger partial charge in [0.15, 0.2) is 0 Å². The van der Waals surface area contributed by atoms with E-state index in [0.717, 1.165) is 11.1 Å². The summed E-state index contributed by atoms with van der Waals surface area (Å²) in [5, 5.41) is 23.8. The molecule has 1 amide bonds. The van der Waals surface area contributed by atoms with Crippen LogP contribution in [-0.4, -0.2) is 58.8 Å². The first kappa shape index (κ1) is 22.7. The summed E-state index contributed by atoms with van der Waals surface area (Å²) in [6, 6.07) is 10.4. The fourth-order valence-corrected chi connectivity index (χ4v) is 3.84. The molecule has 0 saturated heterocycles. The molecule has 4 rings (SSSR count). The molecule has 33 heavy (non-hydrogen) atoms. The number of halogens is 1. The number of fused-ring (bicyclic) bond motifs is 1. The third kappa shape index (κ3) is 4.68. The summed E-state index contributed by atoms with van der Waals surface area (Å²) in [5.74, 6) is -0.210. The van der Waals surface area contributed by atoms with Crippen LogP contribution in [0.1, 0.15) is 6.92 Å². The van der Waals surface area contributed by atoms with Crippen molar-refractivity contribution in [2.45, 2.75) is 25.9 Å². The van der Waals surface area contributed by atoms with Crippen LogP contribution < -0.4 is 14.5 Å². The highest BCUT2D eigenvalue weighted by Crippen LogP contribution is 2.40. The number of aromatic nitrogens is 2. The molecule has 9 nitrogen and oxygen atoms in total. The normalized spacial score (nSPS) is 16.5. The average Bonchev–Trinajstić information content (AvgIpc) is 3.28. The second-order valence-corrected chi connectivity index (χ2v) is 7.67. The molecule has 0 saturated carbocycles. The maximum absolute atomic E-state index is 13.2. The van der Waals surface area contributed by atoms with Crippen LogP contribution in [0.2, 0.25) is 0 Å². The Hall–Kier alpha value is -3.47. The van der Waals surface area contributed by atoms with Crippen LogP contribution in [0.4, 0.5) is 20.6 Å². The van der Waals surface area contributed by atoms with Crippen molar-refractivity contribution in [3.8, 4) is 16.9 Å². The van der Waals surface area contributed by atoms with Crippen molar-refractivity contribution in [2.24, 2.45) is 0 Å². The number of methoxy groups -OCH3 is 1. The maximum atomic E-state index is 13.2. The molecule has 174 valence electrons. The third-order valence-corrected chi connectivity index (χ3v) is 5.45. The van der Waals surface area contributed by atoms with Gasteiger partial charge in [0, 0.05) is 31.5 Å². The molecule has 0 bridgehead atoms. The summed E-state index contributed by atoms with van der Waals surface area (Å²) in [5.41, 5.74) is 2.70. The second kappa shape index (κ2) is 9.57. The number of rotatable bonds is 6. The van der Waals surface area contributed by atoms with E-state index in [9.17, 15) is 14.3 Å². The lowest BCUT2D eigenvalue weighted by atomic mass is 10.0. The fourth-order valence-electron chi connectivity index (χ4n) is 3.84. The van der Waals surface area contributed by atoms with Gasteiger partial charge >= 0.3 is 6.09 Å². The molecule has 1 aliphatic heterocycles. The molecule has 3 aromatic rings. The van der Waals surface area contributed by atoms with Crippen molar-refractivity contribution in [2.75, 3.05) is 30.1 Å². The molecule has 0 fully saturated rings. The Morgan fingerprint density at radius 3 is 2.67 bits per heavy atom. The highest BCUT2D eigenvalue weighted by atomic mass is 19.1. The number of carbonyl (C=O) groups is 1. The summed E-state index contributed by atoms with van der Waals surface area (Å²) in [7, 11) is 1.40. The van der Waals surface area contributed by atoms with Crippen LogP contribution in [0, 0.1) is 5.82 Å². The predicted octanol–water partition coefficient (Wildman–Crippen LogP) is 2.82. The van der Waals surface area contributed by atoms with Gasteiger partial charge in [0.2, 0.25) is 6.41 Å². The topological polar surface area (TPSA) is 100 Å². The van der Waals surface area contributed by atoms with Crippen molar-refractivity contribution in [3.63, 3.8) is 0 Å². The van der Waals surface area contributed by atoms with Crippen molar-refractivity contribution in [1.82, 2.24) is 9.78 Å². The monoisotopic (exact) mass is 456 g/mol. The van der Waals surface area contributed by atoms with Crippen molar-refractivity contribution >= 4 is 17.5 Å². The van der Waals surface area contributed by atoms with E-state index in [-0.39, 0.29) is 24.9 Å². The molecule has 10 heteroatoms. The number of hydrogen-bond acceptors (Lipinski definition) is 7. The molecule has 1 aromatic heterocycles. The number of nitrogens with zero attached hydrogens (tertiary/aromatic N) is 4. The molecule has 0 radical (unpaired) electrons. The number of aliphatic hydroxyl groups is 2. The molecule has 2 N–H and O–H groups in total. The molecular formula is C23H25FN4O5. The van der Waals surface area contributed by atoms with E-state index in [2.05, 4.69) is 5.10 Å². The van der Waals surface area contributed by atoms with Crippen molar-refractivity contribution in [3.05, 3.63) is 60.7 Å². The van der Waals surface area contributed by atoms with Crippen LogP contribution >= 0.6 is 0 Å². The molecule has 2 atom stereocenters. The standard InChI is InChI=1S/C23H25FN4O5/c1-15-13-27(22(30)33-19-6-4-18(24)5-7-19)21-11-16(17-12-25-26(14-17)9-10-29)3-8-20(21)28(15)23(31)32-2/h3-8,11-12,14-15,23,29,31H,9-10,13H2,1-2H3/t15-,23?/m0/s1. The first-order valence-corrected chi connectivity index (χ1v) is 10.4. The Morgan fingerprint density at radius 1 is 1.21 bits per heavy atom. The highest BCUT2D eigenvalue weighted by molar-refractivity contribution is 5.96. The minimum absolute atomic E-state index is 0.0317. The zero-order valence-corrected chi connectivity index (χ0v) is 18.3. The number of aliphatic hydroxyl groups excluding tert-OH is 2. The van der Waals surface area contributed by atoms with Crippen LogP contribution in [0.25, 0.3) is 11.1 Å². The lowest BCUT2D eigenvalue weighted by Crippen LogP contribution is -2.54. The molecule has 0 spiro atoms. The summed E-state index contributed by atoms with van der Waals surface area (Å²) in [4.78, 5) is 16.2. The van der Waals surface area contributed by atoms with E-state index >= 15 is 0 Å². The number of anilines is 2. The van der Waals surface area contributed by atoms with E-state index in [1.807, 2.05) is 19.1 Å². The Kier molecular flexibility index (Phi) is 6.59. The maximum Gasteiger partial charge on any atom is 0.419 e. The van der Waals surface area contributed by atoms with Crippen LogP contribution in [-0.2, 0) is 11.3 Å². The van der Waals surface area contributed by atoms with Crippen LogP contribution in [0.5, 0.6) is 5.75 Å². The number of carbonyl (C=O) groups excluding carboxylic acids is 1. The first-order valence-electron chi connectivity index (χ1n) is 10.4. The summed E-state index contributed by atoms with van der Waals surface area (Å²) in [6.07, 6.45) is 1.64. The lowest BCUT2D eigenvalue weighted by Gasteiger charge is -2.43. The number of amides is 1. The fraction of sp³-hybridized carbons (Fsp3) is 0.304. The Bertz CT molecular complexity index is 1120. The smallest absolute Gasteiger partial charge is 0.410 e. The molecule has 0 aliphatic carbocycles. The molecule has 1 aliphatic rings. The first-order chi connectivity index (χ1) is 15.9. The Labute approximate surface area is 190 Å². The minimum Gasteiger partial charge on any atom is -0.410 e. The zero-order valence-electron chi connectivity index (χ0n) is 18.3. The average molecular weight is 456 g/mol. The lowest BCUT2D eigenvalue weighted by molar-refractivity contribution is -0.0785. The van der Waals surface area contributed by atoms with Gasteiger partial charge < -0.3 is 24.6 Å². The van der Waals surface area contributed by atoms with Gasteiger partial charge in [-0.25, -0.2) is 9.18 Å². The van der Waals surface area contributed by atoms with Crippen molar-refractivity contribution in [1.29, 1.82) is 0 Å². The van der Waals surface area contributed by atoms with E-state index in [1.165, 1.54) is 36.3 Å². The van der Waals surface area contributed by atoms with Gasteiger partial charge in [-0.2, -0.15) is 5.10 Å².